The van der Waals surface area contributed by atoms with Crippen molar-refractivity contribution in [3.8, 4) is 0 Å². The van der Waals surface area contributed by atoms with Crippen molar-refractivity contribution in [3.05, 3.63) is 29.6 Å². The lowest BCUT2D eigenvalue weighted by molar-refractivity contribution is 0.279. The summed E-state index contributed by atoms with van der Waals surface area (Å²) in [6.07, 6.45) is 2.08. The first-order valence-electron chi connectivity index (χ1n) is 6.46. The van der Waals surface area contributed by atoms with Crippen molar-refractivity contribution in [2.75, 3.05) is 18.0 Å². The molecular weight excluding hydrogens is 245 g/mol. The largest absolute Gasteiger partial charge is 0.409 e. The summed E-state index contributed by atoms with van der Waals surface area (Å²) in [6.45, 7) is 6.17. The zero-order valence-electron chi connectivity index (χ0n) is 11.4. The van der Waals surface area contributed by atoms with Crippen LogP contribution in [0.15, 0.2) is 23.4 Å². The van der Waals surface area contributed by atoms with E-state index in [9.17, 15) is 4.39 Å². The molecule has 0 saturated carbocycles. The van der Waals surface area contributed by atoms with E-state index in [1.54, 1.807) is 6.07 Å². The molecule has 0 amide bonds. The van der Waals surface area contributed by atoms with E-state index in [0.717, 1.165) is 25.9 Å². The van der Waals surface area contributed by atoms with Crippen molar-refractivity contribution in [2.45, 2.75) is 26.7 Å². The summed E-state index contributed by atoms with van der Waals surface area (Å²) in [5, 5.41) is 11.7. The lowest BCUT2D eigenvalue weighted by Crippen LogP contribution is -2.38. The van der Waals surface area contributed by atoms with Gasteiger partial charge in [-0.15, -0.1) is 0 Å². The molecule has 1 saturated heterocycles. The second kappa shape index (κ2) is 5.07. The van der Waals surface area contributed by atoms with E-state index >= 15 is 0 Å². The highest BCUT2D eigenvalue weighted by molar-refractivity contribution is 6.02. The van der Waals surface area contributed by atoms with E-state index in [1.807, 2.05) is 6.07 Å². The summed E-state index contributed by atoms with van der Waals surface area (Å²) in [5.74, 6) is -0.643. The number of nitrogens with two attached hydrogens (primary N) is 1. The maximum Gasteiger partial charge on any atom is 0.175 e. The Balaban J connectivity index is 2.33. The predicted molar refractivity (Wildman–Crippen MR) is 74.1 cm³/mol. The van der Waals surface area contributed by atoms with Gasteiger partial charge in [0.1, 0.15) is 5.82 Å². The van der Waals surface area contributed by atoms with Crippen LogP contribution in [0.4, 0.5) is 10.1 Å². The summed E-state index contributed by atoms with van der Waals surface area (Å²) in [4.78, 5) is 2.10. The molecule has 104 valence electrons. The standard InChI is InChI=1S/C14H20FN3O/c1-14(2)6-8-18(9-7-14)11-5-3-4-10(15)12(11)13(16)17-19/h3-5,19H,6-9H2,1-2H3,(H2,16,17). The number of anilines is 1. The van der Waals surface area contributed by atoms with Gasteiger partial charge >= 0.3 is 0 Å². The van der Waals surface area contributed by atoms with Crippen LogP contribution >= 0.6 is 0 Å². The Morgan fingerprint density at radius 3 is 2.58 bits per heavy atom. The minimum atomic E-state index is -0.461. The molecule has 4 nitrogen and oxygen atoms in total. The fourth-order valence-corrected chi connectivity index (χ4v) is 2.43. The summed E-state index contributed by atoms with van der Waals surface area (Å²) in [7, 11) is 0. The Morgan fingerprint density at radius 1 is 1.37 bits per heavy atom. The molecule has 1 aliphatic rings. The quantitative estimate of drug-likeness (QED) is 0.374. The lowest BCUT2D eigenvalue weighted by Gasteiger charge is -2.38. The first kappa shape index (κ1) is 13.6. The van der Waals surface area contributed by atoms with Crippen LogP contribution < -0.4 is 10.6 Å². The first-order chi connectivity index (χ1) is 8.94. The van der Waals surface area contributed by atoms with Crippen LogP contribution in [0.5, 0.6) is 0 Å². The molecule has 0 aromatic heterocycles. The van der Waals surface area contributed by atoms with Crippen LogP contribution in [0.3, 0.4) is 0 Å². The number of benzene rings is 1. The molecule has 5 heteroatoms. The third-order valence-electron chi connectivity index (χ3n) is 3.81. The van der Waals surface area contributed by atoms with Crippen LogP contribution in [0.25, 0.3) is 0 Å². The fourth-order valence-electron chi connectivity index (χ4n) is 2.43. The van der Waals surface area contributed by atoms with Crippen molar-refractivity contribution in [3.63, 3.8) is 0 Å². The molecule has 0 atom stereocenters. The van der Waals surface area contributed by atoms with Crippen molar-refractivity contribution in [1.82, 2.24) is 0 Å². The molecule has 1 fully saturated rings. The Bertz CT molecular complexity index is 489. The Kier molecular flexibility index (Phi) is 3.64. The van der Waals surface area contributed by atoms with Gasteiger partial charge in [-0.3, -0.25) is 0 Å². The number of oxime groups is 1. The van der Waals surface area contributed by atoms with E-state index < -0.39 is 5.82 Å². The van der Waals surface area contributed by atoms with E-state index in [1.165, 1.54) is 6.07 Å². The topological polar surface area (TPSA) is 61.8 Å². The molecular formula is C14H20FN3O. The predicted octanol–water partition coefficient (Wildman–Crippen LogP) is 2.55. The molecule has 2 rings (SSSR count). The molecule has 1 heterocycles. The lowest BCUT2D eigenvalue weighted by atomic mass is 9.82. The Morgan fingerprint density at radius 2 is 2.00 bits per heavy atom. The smallest absolute Gasteiger partial charge is 0.175 e. The van der Waals surface area contributed by atoms with Crippen LogP contribution in [0.1, 0.15) is 32.3 Å². The van der Waals surface area contributed by atoms with Gasteiger partial charge in [0.05, 0.1) is 11.3 Å². The summed E-state index contributed by atoms with van der Waals surface area (Å²) < 4.78 is 13.9. The minimum absolute atomic E-state index is 0.182. The molecule has 0 spiro atoms. The van der Waals surface area contributed by atoms with Crippen molar-refractivity contribution in [2.24, 2.45) is 16.3 Å². The molecule has 1 aromatic rings. The van der Waals surface area contributed by atoms with Gasteiger partial charge in [-0.1, -0.05) is 25.1 Å². The van der Waals surface area contributed by atoms with Gasteiger partial charge in [0.25, 0.3) is 0 Å². The third-order valence-corrected chi connectivity index (χ3v) is 3.81. The number of nitrogens with zero attached hydrogens (tertiary/aromatic N) is 2. The van der Waals surface area contributed by atoms with Gasteiger partial charge < -0.3 is 15.8 Å². The van der Waals surface area contributed by atoms with E-state index in [4.69, 9.17) is 10.9 Å². The Labute approximate surface area is 112 Å². The van der Waals surface area contributed by atoms with Crippen LogP contribution in [-0.2, 0) is 0 Å². The van der Waals surface area contributed by atoms with Gasteiger partial charge in [0.2, 0.25) is 0 Å². The van der Waals surface area contributed by atoms with Gasteiger partial charge in [-0.05, 0) is 30.4 Å². The fraction of sp³-hybridized carbons (Fsp3) is 0.500. The second-order valence-electron chi connectivity index (χ2n) is 5.77. The average Bonchev–Trinajstić information content (AvgIpc) is 2.37. The zero-order valence-corrected chi connectivity index (χ0v) is 11.4. The van der Waals surface area contributed by atoms with Gasteiger partial charge in [0.15, 0.2) is 5.84 Å². The van der Waals surface area contributed by atoms with E-state index in [2.05, 4.69) is 23.9 Å². The highest BCUT2D eigenvalue weighted by atomic mass is 19.1. The SMILES string of the molecule is CC1(C)CCN(c2cccc(F)c2C(N)=NO)CC1. The second-order valence-corrected chi connectivity index (χ2v) is 5.77. The van der Waals surface area contributed by atoms with Crippen LogP contribution in [0.2, 0.25) is 0 Å². The molecule has 0 unspecified atom stereocenters. The Hall–Kier alpha value is -1.78. The molecule has 0 aliphatic carbocycles. The number of piperidine rings is 1. The average molecular weight is 265 g/mol. The number of amidine groups is 1. The monoisotopic (exact) mass is 265 g/mol. The summed E-state index contributed by atoms with van der Waals surface area (Å²) in [5.41, 5.74) is 6.79. The first-order valence-corrected chi connectivity index (χ1v) is 6.46. The molecule has 3 N–H and O–H groups in total. The maximum atomic E-state index is 13.9. The highest BCUT2D eigenvalue weighted by Crippen LogP contribution is 2.33. The number of halogens is 1. The van der Waals surface area contributed by atoms with Gasteiger partial charge in [-0.2, -0.15) is 0 Å². The van der Waals surface area contributed by atoms with Crippen LogP contribution in [0, 0.1) is 11.2 Å². The van der Waals surface area contributed by atoms with E-state index in [0.29, 0.717) is 11.1 Å². The van der Waals surface area contributed by atoms with Crippen LogP contribution in [-0.4, -0.2) is 24.1 Å². The molecule has 1 aromatic carbocycles. The van der Waals surface area contributed by atoms with Crippen molar-refractivity contribution >= 4 is 11.5 Å². The molecule has 19 heavy (non-hydrogen) atoms. The maximum absolute atomic E-state index is 13.9. The highest BCUT2D eigenvalue weighted by Gasteiger charge is 2.27. The normalized spacial score (nSPS) is 19.5. The molecule has 1 aliphatic heterocycles. The number of hydrogen-bond donors (Lipinski definition) is 2. The number of hydrogen-bond acceptors (Lipinski definition) is 3. The molecule has 0 radical (unpaired) electrons. The summed E-state index contributed by atoms with van der Waals surface area (Å²) in [6, 6.07) is 4.79. The van der Waals surface area contributed by atoms with Gasteiger partial charge in [0, 0.05) is 13.1 Å². The van der Waals surface area contributed by atoms with Gasteiger partial charge in [-0.25, -0.2) is 4.39 Å². The van der Waals surface area contributed by atoms with Crippen molar-refractivity contribution in [1.29, 1.82) is 0 Å². The minimum Gasteiger partial charge on any atom is -0.409 e. The third kappa shape index (κ3) is 2.80. The zero-order chi connectivity index (χ0) is 14.0. The van der Waals surface area contributed by atoms with Crippen molar-refractivity contribution < 1.29 is 9.60 Å². The summed E-state index contributed by atoms with van der Waals surface area (Å²) >= 11 is 0. The number of rotatable bonds is 2. The molecule has 0 bridgehead atoms. The van der Waals surface area contributed by atoms with E-state index in [-0.39, 0.29) is 11.4 Å².